The predicted molar refractivity (Wildman–Crippen MR) is 79.0 cm³/mol. The lowest BCUT2D eigenvalue weighted by Crippen LogP contribution is -2.43. The largest absolute Gasteiger partial charge is 0.480 e. The van der Waals surface area contributed by atoms with E-state index in [1.165, 1.54) is 0 Å². The standard InChI is InChI=1S/C15H22N4O3/c1-11(20)18-6-2-15(3-7-18)8-12(14(21)22)19(10-15)9-13-16-4-5-17-13/h4-5,12H,2-3,6-10H2,1H3,(H,16,17)(H,21,22)/t12-/m1/s1. The monoisotopic (exact) mass is 306 g/mol. The maximum Gasteiger partial charge on any atom is 0.320 e. The smallest absolute Gasteiger partial charge is 0.320 e. The molecule has 120 valence electrons. The van der Waals surface area contributed by atoms with E-state index < -0.39 is 12.0 Å². The third kappa shape index (κ3) is 2.85. The molecule has 7 nitrogen and oxygen atoms in total. The van der Waals surface area contributed by atoms with E-state index in [1.807, 2.05) is 9.80 Å². The van der Waals surface area contributed by atoms with Crippen LogP contribution in [0.5, 0.6) is 0 Å². The Morgan fingerprint density at radius 2 is 2.18 bits per heavy atom. The fourth-order valence-corrected chi connectivity index (χ4v) is 3.79. The Kier molecular flexibility index (Phi) is 3.90. The molecule has 0 bridgehead atoms. The van der Waals surface area contributed by atoms with E-state index >= 15 is 0 Å². The summed E-state index contributed by atoms with van der Waals surface area (Å²) in [5.41, 5.74) is 0.0155. The Bertz CT molecular complexity index is 549. The van der Waals surface area contributed by atoms with Crippen molar-refractivity contribution in [2.45, 2.75) is 38.8 Å². The van der Waals surface area contributed by atoms with Gasteiger partial charge >= 0.3 is 5.97 Å². The highest BCUT2D eigenvalue weighted by Crippen LogP contribution is 2.43. The summed E-state index contributed by atoms with van der Waals surface area (Å²) in [6, 6.07) is -0.464. The van der Waals surface area contributed by atoms with Crippen LogP contribution in [0.4, 0.5) is 0 Å². The maximum atomic E-state index is 11.6. The number of rotatable bonds is 3. The molecule has 22 heavy (non-hydrogen) atoms. The third-order valence-electron chi connectivity index (χ3n) is 5.07. The first-order valence-electron chi connectivity index (χ1n) is 7.70. The summed E-state index contributed by atoms with van der Waals surface area (Å²) < 4.78 is 0. The number of aromatic nitrogens is 2. The molecule has 1 spiro atoms. The van der Waals surface area contributed by atoms with Crippen LogP contribution in [0.2, 0.25) is 0 Å². The highest BCUT2D eigenvalue weighted by atomic mass is 16.4. The minimum Gasteiger partial charge on any atom is -0.480 e. The Morgan fingerprint density at radius 3 is 2.73 bits per heavy atom. The van der Waals surface area contributed by atoms with Crippen molar-refractivity contribution < 1.29 is 14.7 Å². The molecule has 1 atom stereocenters. The van der Waals surface area contributed by atoms with Crippen molar-refractivity contribution in [2.24, 2.45) is 5.41 Å². The van der Waals surface area contributed by atoms with Gasteiger partial charge in [-0.1, -0.05) is 0 Å². The van der Waals surface area contributed by atoms with Crippen LogP contribution in [0.15, 0.2) is 12.4 Å². The number of imidazole rings is 1. The fourth-order valence-electron chi connectivity index (χ4n) is 3.79. The zero-order valence-corrected chi connectivity index (χ0v) is 12.8. The van der Waals surface area contributed by atoms with E-state index in [0.717, 1.165) is 38.3 Å². The number of piperidine rings is 1. The van der Waals surface area contributed by atoms with Crippen molar-refractivity contribution >= 4 is 11.9 Å². The molecular weight excluding hydrogens is 284 g/mol. The zero-order chi connectivity index (χ0) is 15.7. The average Bonchev–Trinajstić information content (AvgIpc) is 3.08. The Hall–Kier alpha value is -1.89. The predicted octanol–water partition coefficient (Wildman–Crippen LogP) is 0.697. The van der Waals surface area contributed by atoms with Crippen molar-refractivity contribution in [1.82, 2.24) is 19.8 Å². The molecule has 3 heterocycles. The molecule has 0 unspecified atom stereocenters. The van der Waals surface area contributed by atoms with Crippen LogP contribution >= 0.6 is 0 Å². The molecule has 0 aliphatic carbocycles. The summed E-state index contributed by atoms with van der Waals surface area (Å²) in [5.74, 6) is 0.136. The second-order valence-corrected chi connectivity index (χ2v) is 6.51. The molecule has 1 aromatic heterocycles. The normalized spacial score (nSPS) is 24.8. The number of amides is 1. The van der Waals surface area contributed by atoms with Crippen molar-refractivity contribution in [2.75, 3.05) is 19.6 Å². The highest BCUT2D eigenvalue weighted by molar-refractivity contribution is 5.74. The number of nitrogens with one attached hydrogen (secondary N) is 1. The van der Waals surface area contributed by atoms with Crippen LogP contribution in [0.1, 0.15) is 32.0 Å². The lowest BCUT2D eigenvalue weighted by molar-refractivity contribution is -0.142. The molecule has 0 radical (unpaired) electrons. The molecule has 1 amide bonds. The maximum absolute atomic E-state index is 11.6. The molecule has 2 saturated heterocycles. The SMILES string of the molecule is CC(=O)N1CCC2(CC1)C[C@H](C(=O)O)N(Cc1ncc[nH]1)C2. The molecule has 2 aliphatic rings. The van der Waals surface area contributed by atoms with Gasteiger partial charge in [0.2, 0.25) is 5.91 Å². The summed E-state index contributed by atoms with van der Waals surface area (Å²) in [7, 11) is 0. The molecule has 3 rings (SSSR count). The van der Waals surface area contributed by atoms with Crippen LogP contribution in [0, 0.1) is 5.41 Å². The second-order valence-electron chi connectivity index (χ2n) is 6.51. The Labute approximate surface area is 129 Å². The van der Waals surface area contributed by atoms with Gasteiger partial charge in [0.25, 0.3) is 0 Å². The second kappa shape index (κ2) is 5.72. The quantitative estimate of drug-likeness (QED) is 0.858. The number of nitrogens with zero attached hydrogens (tertiary/aromatic N) is 3. The molecule has 0 saturated carbocycles. The van der Waals surface area contributed by atoms with Crippen LogP contribution in [0.3, 0.4) is 0 Å². The number of hydrogen-bond acceptors (Lipinski definition) is 4. The third-order valence-corrected chi connectivity index (χ3v) is 5.07. The number of aliphatic carboxylic acids is 1. The number of carboxylic acid groups (broad SMARTS) is 1. The molecule has 1 aromatic rings. The van der Waals surface area contributed by atoms with Gasteiger partial charge in [-0.15, -0.1) is 0 Å². The van der Waals surface area contributed by atoms with E-state index in [4.69, 9.17) is 0 Å². The summed E-state index contributed by atoms with van der Waals surface area (Å²) in [4.78, 5) is 34.2. The zero-order valence-electron chi connectivity index (χ0n) is 12.8. The Morgan fingerprint density at radius 1 is 1.45 bits per heavy atom. The fraction of sp³-hybridized carbons (Fsp3) is 0.667. The van der Waals surface area contributed by atoms with Crippen molar-refractivity contribution in [3.63, 3.8) is 0 Å². The molecule has 2 fully saturated rings. The molecule has 0 aromatic carbocycles. The Balaban J connectivity index is 1.70. The van der Waals surface area contributed by atoms with Gasteiger partial charge in [0.1, 0.15) is 11.9 Å². The molecule has 2 aliphatic heterocycles. The lowest BCUT2D eigenvalue weighted by Gasteiger charge is -2.39. The van der Waals surface area contributed by atoms with E-state index in [9.17, 15) is 14.7 Å². The number of H-pyrrole nitrogens is 1. The van der Waals surface area contributed by atoms with Gasteiger partial charge in [-0.2, -0.15) is 0 Å². The summed E-state index contributed by atoms with van der Waals surface area (Å²) in [6.07, 6.45) is 5.86. The van der Waals surface area contributed by atoms with Crippen LogP contribution in [0.25, 0.3) is 0 Å². The van der Waals surface area contributed by atoms with Crippen LogP contribution in [-0.2, 0) is 16.1 Å². The topological polar surface area (TPSA) is 89.5 Å². The molecular formula is C15H22N4O3. The first kappa shape index (κ1) is 15.0. The summed E-state index contributed by atoms with van der Waals surface area (Å²) >= 11 is 0. The van der Waals surface area contributed by atoms with Gasteiger partial charge in [-0.05, 0) is 24.7 Å². The van der Waals surface area contributed by atoms with E-state index in [2.05, 4.69) is 9.97 Å². The minimum atomic E-state index is -0.766. The first-order chi connectivity index (χ1) is 10.5. The van der Waals surface area contributed by atoms with Crippen molar-refractivity contribution in [3.8, 4) is 0 Å². The number of hydrogen-bond donors (Lipinski definition) is 2. The number of aromatic amines is 1. The van der Waals surface area contributed by atoms with Gasteiger partial charge in [0, 0.05) is 39.0 Å². The summed E-state index contributed by atoms with van der Waals surface area (Å²) in [6.45, 7) is 4.35. The van der Waals surface area contributed by atoms with Gasteiger partial charge in [-0.3, -0.25) is 14.5 Å². The van der Waals surface area contributed by atoms with Gasteiger partial charge in [0.15, 0.2) is 0 Å². The lowest BCUT2D eigenvalue weighted by atomic mass is 9.76. The molecule has 7 heteroatoms. The number of carboxylic acids is 1. The summed E-state index contributed by atoms with van der Waals surface area (Å²) in [5, 5.41) is 9.53. The van der Waals surface area contributed by atoms with Crippen LogP contribution in [-0.4, -0.2) is 62.4 Å². The van der Waals surface area contributed by atoms with Gasteiger partial charge in [-0.25, -0.2) is 4.98 Å². The van der Waals surface area contributed by atoms with Gasteiger partial charge in [0.05, 0.1) is 6.54 Å². The molecule has 2 N–H and O–H groups in total. The van der Waals surface area contributed by atoms with E-state index in [0.29, 0.717) is 13.0 Å². The highest BCUT2D eigenvalue weighted by Gasteiger charge is 2.48. The van der Waals surface area contributed by atoms with E-state index in [-0.39, 0.29) is 11.3 Å². The van der Waals surface area contributed by atoms with Crippen LogP contribution < -0.4 is 0 Å². The first-order valence-corrected chi connectivity index (χ1v) is 7.70. The number of carbonyl (C=O) groups excluding carboxylic acids is 1. The van der Waals surface area contributed by atoms with E-state index in [1.54, 1.807) is 19.3 Å². The van der Waals surface area contributed by atoms with Crippen molar-refractivity contribution in [1.29, 1.82) is 0 Å². The number of carbonyl (C=O) groups is 2. The average molecular weight is 306 g/mol. The minimum absolute atomic E-state index is 0.0155. The van der Waals surface area contributed by atoms with Crippen molar-refractivity contribution in [3.05, 3.63) is 18.2 Å². The van der Waals surface area contributed by atoms with Gasteiger partial charge < -0.3 is 15.0 Å². The number of likely N-dealkylation sites (tertiary alicyclic amines) is 2.